The largest absolute Gasteiger partial charge is 0.444 e. The first kappa shape index (κ1) is 23.2. The van der Waals surface area contributed by atoms with Crippen LogP contribution in [0, 0.1) is 0 Å². The molecular formula is C16H33IN4O3. The van der Waals surface area contributed by atoms with Gasteiger partial charge >= 0.3 is 6.09 Å². The molecule has 0 aliphatic heterocycles. The Balaban J connectivity index is 0.00000529. The summed E-state index contributed by atoms with van der Waals surface area (Å²) in [5.41, 5.74) is -1.15. The van der Waals surface area contributed by atoms with E-state index in [-0.39, 0.29) is 24.0 Å². The average Bonchev–Trinajstić information content (AvgIpc) is 2.86. The molecule has 0 aromatic carbocycles. The summed E-state index contributed by atoms with van der Waals surface area (Å²) in [6, 6.07) is 0. The van der Waals surface area contributed by atoms with Gasteiger partial charge in [0, 0.05) is 19.6 Å². The fraction of sp³-hybridized carbons (Fsp3) is 0.875. The molecule has 7 nitrogen and oxygen atoms in total. The van der Waals surface area contributed by atoms with Crippen molar-refractivity contribution in [2.45, 2.75) is 64.6 Å². The Hall–Kier alpha value is -0.770. The van der Waals surface area contributed by atoms with E-state index in [2.05, 4.69) is 20.9 Å². The van der Waals surface area contributed by atoms with Crippen molar-refractivity contribution in [1.29, 1.82) is 0 Å². The molecule has 4 N–H and O–H groups in total. The van der Waals surface area contributed by atoms with Crippen LogP contribution in [0.1, 0.15) is 53.4 Å². The van der Waals surface area contributed by atoms with Gasteiger partial charge in [0.15, 0.2) is 5.96 Å². The molecule has 24 heavy (non-hydrogen) atoms. The van der Waals surface area contributed by atoms with Gasteiger partial charge in [0.05, 0.1) is 12.1 Å². The number of hydrogen-bond acceptors (Lipinski definition) is 4. The Bertz CT molecular complexity index is 405. The molecule has 0 radical (unpaired) electrons. The summed E-state index contributed by atoms with van der Waals surface area (Å²) in [6.07, 6.45) is 3.33. The fourth-order valence-corrected chi connectivity index (χ4v) is 2.42. The minimum Gasteiger partial charge on any atom is -0.444 e. The summed E-state index contributed by atoms with van der Waals surface area (Å²) < 4.78 is 5.16. The molecule has 0 aromatic heterocycles. The van der Waals surface area contributed by atoms with Crippen molar-refractivity contribution in [3.05, 3.63) is 0 Å². The fourth-order valence-electron chi connectivity index (χ4n) is 2.42. The minimum absolute atomic E-state index is 0. The summed E-state index contributed by atoms with van der Waals surface area (Å²) >= 11 is 0. The summed E-state index contributed by atoms with van der Waals surface area (Å²) in [7, 11) is 0. The van der Waals surface area contributed by atoms with Gasteiger partial charge < -0.3 is 25.8 Å². The first-order valence-electron chi connectivity index (χ1n) is 8.45. The number of nitrogens with zero attached hydrogens (tertiary/aromatic N) is 1. The molecule has 0 spiro atoms. The number of amides is 1. The lowest BCUT2D eigenvalue weighted by atomic mass is 10.0. The van der Waals surface area contributed by atoms with E-state index in [0.29, 0.717) is 25.6 Å². The molecule has 0 heterocycles. The van der Waals surface area contributed by atoms with Crippen LogP contribution < -0.4 is 16.0 Å². The van der Waals surface area contributed by atoms with Crippen molar-refractivity contribution in [2.75, 3.05) is 26.2 Å². The van der Waals surface area contributed by atoms with Crippen LogP contribution >= 0.6 is 24.0 Å². The first-order valence-corrected chi connectivity index (χ1v) is 8.45. The van der Waals surface area contributed by atoms with Crippen molar-refractivity contribution in [1.82, 2.24) is 16.0 Å². The summed E-state index contributed by atoms with van der Waals surface area (Å²) in [6.45, 7) is 9.58. The molecule has 0 saturated heterocycles. The van der Waals surface area contributed by atoms with E-state index in [9.17, 15) is 9.90 Å². The zero-order valence-electron chi connectivity index (χ0n) is 15.3. The highest BCUT2D eigenvalue weighted by molar-refractivity contribution is 14.0. The highest BCUT2D eigenvalue weighted by Crippen LogP contribution is 2.29. The molecule has 0 aromatic rings. The zero-order valence-corrected chi connectivity index (χ0v) is 17.6. The summed E-state index contributed by atoms with van der Waals surface area (Å²) in [5, 5.41) is 19.3. The Morgan fingerprint density at radius 1 is 1.17 bits per heavy atom. The molecule has 142 valence electrons. The van der Waals surface area contributed by atoms with Crippen molar-refractivity contribution in [3.63, 3.8) is 0 Å². The Labute approximate surface area is 162 Å². The van der Waals surface area contributed by atoms with Crippen molar-refractivity contribution in [2.24, 2.45) is 4.99 Å². The Kier molecular flexibility index (Phi) is 10.6. The quantitative estimate of drug-likeness (QED) is 0.212. The topological polar surface area (TPSA) is 95.0 Å². The molecule has 0 atom stereocenters. The van der Waals surface area contributed by atoms with Gasteiger partial charge in [-0.2, -0.15) is 0 Å². The van der Waals surface area contributed by atoms with Crippen LogP contribution in [0.3, 0.4) is 0 Å². The Morgan fingerprint density at radius 2 is 1.75 bits per heavy atom. The molecule has 1 aliphatic carbocycles. The second-order valence-electron chi connectivity index (χ2n) is 6.98. The molecular weight excluding hydrogens is 423 g/mol. The van der Waals surface area contributed by atoms with E-state index in [1.807, 2.05) is 27.7 Å². The maximum absolute atomic E-state index is 11.5. The van der Waals surface area contributed by atoms with E-state index in [1.165, 1.54) is 0 Å². The number of guanidine groups is 1. The maximum Gasteiger partial charge on any atom is 0.407 e. The molecule has 0 unspecified atom stereocenters. The van der Waals surface area contributed by atoms with Crippen LogP contribution in [0.2, 0.25) is 0 Å². The van der Waals surface area contributed by atoms with Crippen molar-refractivity contribution < 1.29 is 14.6 Å². The van der Waals surface area contributed by atoms with Crippen LogP contribution in [-0.4, -0.2) is 54.5 Å². The lowest BCUT2D eigenvalue weighted by Crippen LogP contribution is -2.43. The van der Waals surface area contributed by atoms with E-state index < -0.39 is 17.3 Å². The SMILES string of the molecule is CCNC(=NCC1(O)CCCC1)NCCNC(=O)OC(C)(C)C.I. The first-order chi connectivity index (χ1) is 10.7. The normalized spacial score (nSPS) is 17.0. The third-order valence-electron chi connectivity index (χ3n) is 3.50. The number of nitrogens with one attached hydrogen (secondary N) is 3. The second-order valence-corrected chi connectivity index (χ2v) is 6.98. The molecule has 0 bridgehead atoms. The molecule has 8 heteroatoms. The second kappa shape index (κ2) is 11.0. The third-order valence-corrected chi connectivity index (χ3v) is 3.50. The zero-order chi connectivity index (χ0) is 17.3. The predicted octanol–water partition coefficient (Wildman–Crippen LogP) is 1.99. The monoisotopic (exact) mass is 456 g/mol. The number of carbonyl (C=O) groups is 1. The number of rotatable bonds is 6. The van der Waals surface area contributed by atoms with Crippen LogP contribution in [0.25, 0.3) is 0 Å². The third kappa shape index (κ3) is 10.2. The standard InChI is InChI=1S/C16H32N4O3.HI/c1-5-17-13(20-12-16(22)8-6-7-9-16)18-10-11-19-14(21)23-15(2,3)4;/h22H,5-12H2,1-4H3,(H,19,21)(H2,17,18,20);1H. The van der Waals surface area contributed by atoms with E-state index in [0.717, 1.165) is 32.2 Å². The number of hydrogen-bond donors (Lipinski definition) is 4. The van der Waals surface area contributed by atoms with Gasteiger partial charge in [0.25, 0.3) is 0 Å². The average molecular weight is 456 g/mol. The van der Waals surface area contributed by atoms with E-state index >= 15 is 0 Å². The number of aliphatic imine (C=N–C) groups is 1. The van der Waals surface area contributed by atoms with Gasteiger partial charge in [-0.15, -0.1) is 24.0 Å². The van der Waals surface area contributed by atoms with E-state index in [4.69, 9.17) is 4.74 Å². The number of alkyl carbamates (subject to hydrolysis) is 1. The highest BCUT2D eigenvalue weighted by Gasteiger charge is 2.30. The molecule has 1 rings (SSSR count). The Morgan fingerprint density at radius 3 is 2.29 bits per heavy atom. The van der Waals surface area contributed by atoms with E-state index in [1.54, 1.807) is 0 Å². The van der Waals surface area contributed by atoms with Crippen LogP contribution in [0.15, 0.2) is 4.99 Å². The number of aliphatic hydroxyl groups is 1. The van der Waals surface area contributed by atoms with Gasteiger partial charge in [-0.1, -0.05) is 12.8 Å². The van der Waals surface area contributed by atoms with Gasteiger partial charge in [-0.25, -0.2) is 4.79 Å². The van der Waals surface area contributed by atoms with Gasteiger partial charge in [-0.05, 0) is 40.5 Å². The van der Waals surface area contributed by atoms with Crippen LogP contribution in [0.4, 0.5) is 4.79 Å². The van der Waals surface area contributed by atoms with Crippen LogP contribution in [0.5, 0.6) is 0 Å². The molecule has 1 amide bonds. The molecule has 1 saturated carbocycles. The lowest BCUT2D eigenvalue weighted by molar-refractivity contribution is 0.0528. The number of carbonyl (C=O) groups excluding carboxylic acids is 1. The summed E-state index contributed by atoms with van der Waals surface area (Å²) in [4.78, 5) is 16.0. The van der Waals surface area contributed by atoms with Gasteiger partial charge in [0.1, 0.15) is 5.60 Å². The van der Waals surface area contributed by atoms with Crippen LogP contribution in [-0.2, 0) is 4.74 Å². The van der Waals surface area contributed by atoms with Crippen molar-refractivity contribution in [3.8, 4) is 0 Å². The van der Waals surface area contributed by atoms with Gasteiger partial charge in [-0.3, -0.25) is 4.99 Å². The van der Waals surface area contributed by atoms with Gasteiger partial charge in [0.2, 0.25) is 0 Å². The number of halogens is 1. The highest BCUT2D eigenvalue weighted by atomic mass is 127. The maximum atomic E-state index is 11.5. The minimum atomic E-state index is -0.656. The lowest BCUT2D eigenvalue weighted by Gasteiger charge is -2.21. The predicted molar refractivity (Wildman–Crippen MR) is 107 cm³/mol. The number of ether oxygens (including phenoxy) is 1. The smallest absolute Gasteiger partial charge is 0.407 e. The summed E-state index contributed by atoms with van der Waals surface area (Å²) in [5.74, 6) is 0.652. The molecule has 1 aliphatic rings. The molecule has 1 fully saturated rings. The van der Waals surface area contributed by atoms with Crippen molar-refractivity contribution >= 4 is 36.0 Å².